The van der Waals surface area contributed by atoms with Crippen LogP contribution >= 0.6 is 0 Å². The summed E-state index contributed by atoms with van der Waals surface area (Å²) < 4.78 is 2.14. The molecule has 0 spiro atoms. The van der Waals surface area contributed by atoms with Crippen molar-refractivity contribution in [1.82, 2.24) is 4.57 Å². The van der Waals surface area contributed by atoms with Crippen molar-refractivity contribution in [2.24, 2.45) is 0 Å². The molecular weight excluding hydrogens is 588 g/mol. The first kappa shape index (κ1) is 27.8. The van der Waals surface area contributed by atoms with Gasteiger partial charge in [0, 0.05) is 10.8 Å². The molecule has 0 atom stereocenters. The minimum absolute atomic E-state index is 0.319. The maximum atomic E-state index is 14.4. The predicted octanol–water partition coefficient (Wildman–Crippen LogP) is 10.6. The van der Waals surface area contributed by atoms with E-state index >= 15 is 0 Å². The van der Waals surface area contributed by atoms with Crippen molar-refractivity contribution in [2.75, 3.05) is 4.90 Å². The van der Waals surface area contributed by atoms with E-state index in [9.17, 15) is 9.59 Å². The Labute approximate surface area is 277 Å². The molecule has 0 fully saturated rings. The molecule has 4 nitrogen and oxygen atoms in total. The first-order chi connectivity index (χ1) is 23.7. The first-order valence-electron chi connectivity index (χ1n) is 16.0. The van der Waals surface area contributed by atoms with E-state index in [1.807, 2.05) is 103 Å². The van der Waals surface area contributed by atoms with Crippen molar-refractivity contribution in [3.8, 4) is 39.1 Å². The van der Waals surface area contributed by atoms with Gasteiger partial charge in [0.25, 0.3) is 11.8 Å². The van der Waals surface area contributed by atoms with Gasteiger partial charge in [-0.1, -0.05) is 121 Å². The van der Waals surface area contributed by atoms with Crippen molar-refractivity contribution in [3.63, 3.8) is 0 Å². The van der Waals surface area contributed by atoms with Crippen molar-refractivity contribution in [1.29, 1.82) is 0 Å². The fraction of sp³-hybridized carbons (Fsp3) is 0. The number of benzene rings is 7. The maximum absolute atomic E-state index is 14.4. The highest BCUT2D eigenvalue weighted by molar-refractivity contribution is 6.36. The smallest absolute Gasteiger partial charge is 0.268 e. The summed E-state index contributed by atoms with van der Waals surface area (Å²) in [6, 6.07) is 56.9. The Morgan fingerprint density at radius 2 is 0.854 bits per heavy atom. The fourth-order valence-electron chi connectivity index (χ4n) is 7.05. The summed E-state index contributed by atoms with van der Waals surface area (Å²) in [7, 11) is 0. The van der Waals surface area contributed by atoms with Gasteiger partial charge in [0.05, 0.1) is 33.5 Å². The average molecular weight is 617 g/mol. The van der Waals surface area contributed by atoms with Crippen LogP contribution in [0.5, 0.6) is 0 Å². The lowest BCUT2D eigenvalue weighted by molar-refractivity contribution is 0.0926. The van der Waals surface area contributed by atoms with Crippen LogP contribution in [-0.2, 0) is 0 Å². The van der Waals surface area contributed by atoms with Crippen LogP contribution < -0.4 is 4.90 Å². The Bertz CT molecular complexity index is 2440. The molecule has 0 radical (unpaired) electrons. The van der Waals surface area contributed by atoms with Crippen LogP contribution in [0.25, 0.3) is 60.9 Å². The lowest BCUT2D eigenvalue weighted by atomic mass is 10.0. The number of fused-ring (bicyclic) bond motifs is 4. The van der Waals surface area contributed by atoms with Gasteiger partial charge in [0.15, 0.2) is 0 Å². The number of carbonyl (C=O) groups is 2. The Hall–Kier alpha value is -6.52. The third-order valence-electron chi connectivity index (χ3n) is 9.32. The molecule has 9 rings (SSSR count). The molecule has 0 aliphatic carbocycles. The van der Waals surface area contributed by atoms with Gasteiger partial charge in [0.1, 0.15) is 0 Å². The lowest BCUT2D eigenvalue weighted by Gasteiger charge is -2.16. The highest BCUT2D eigenvalue weighted by atomic mass is 16.2. The zero-order chi connectivity index (χ0) is 32.2. The van der Waals surface area contributed by atoms with Crippen LogP contribution in [0.4, 0.5) is 5.69 Å². The number of rotatable bonds is 5. The molecule has 0 saturated carbocycles. The highest BCUT2D eigenvalue weighted by Crippen LogP contribution is 2.40. The standard InChI is InChI=1S/C44H28N2O2/c47-43-36-20-11-21-41(42(36)44(48)45(43)35-19-10-18-32(26-35)29-12-4-1-5-13-29)46-39-24-22-33(30-14-6-2-7-15-30)27-37(39)38-28-34(23-25-40(38)46)31-16-8-3-9-17-31/h1-28H. The number of aromatic nitrogens is 1. The summed E-state index contributed by atoms with van der Waals surface area (Å²) in [5.41, 5.74) is 10.4. The molecule has 0 saturated heterocycles. The normalized spacial score (nSPS) is 12.6. The molecule has 4 heteroatoms. The van der Waals surface area contributed by atoms with Gasteiger partial charge >= 0.3 is 0 Å². The number of nitrogens with zero attached hydrogens (tertiary/aromatic N) is 2. The Morgan fingerprint density at radius 1 is 0.375 bits per heavy atom. The zero-order valence-corrected chi connectivity index (χ0v) is 25.9. The van der Waals surface area contributed by atoms with Gasteiger partial charge < -0.3 is 4.57 Å². The van der Waals surface area contributed by atoms with E-state index in [1.54, 1.807) is 6.07 Å². The molecule has 0 unspecified atom stereocenters. The summed E-state index contributed by atoms with van der Waals surface area (Å²) in [6.45, 7) is 0. The van der Waals surface area contributed by atoms with Crippen LogP contribution in [0.1, 0.15) is 20.7 Å². The second kappa shape index (κ2) is 11.1. The molecule has 7 aromatic carbocycles. The number of carbonyl (C=O) groups excluding carboxylic acids is 2. The number of anilines is 1. The quantitative estimate of drug-likeness (QED) is 0.181. The van der Waals surface area contributed by atoms with Crippen molar-refractivity contribution >= 4 is 39.3 Å². The van der Waals surface area contributed by atoms with Crippen LogP contribution in [0.15, 0.2) is 170 Å². The second-order valence-electron chi connectivity index (χ2n) is 12.1. The van der Waals surface area contributed by atoms with E-state index in [2.05, 4.69) is 65.2 Å². The van der Waals surface area contributed by atoms with Crippen LogP contribution in [0.3, 0.4) is 0 Å². The summed E-state index contributed by atoms with van der Waals surface area (Å²) in [4.78, 5) is 29.7. The summed E-state index contributed by atoms with van der Waals surface area (Å²) in [5, 5.41) is 2.15. The molecule has 2 heterocycles. The number of imide groups is 1. The highest BCUT2D eigenvalue weighted by Gasteiger charge is 2.39. The number of amides is 2. The minimum atomic E-state index is -0.326. The van der Waals surface area contributed by atoms with E-state index in [4.69, 9.17) is 0 Å². The van der Waals surface area contributed by atoms with Crippen LogP contribution in [-0.4, -0.2) is 16.4 Å². The SMILES string of the molecule is O=C1c2cccc(-n3c4ccc(-c5ccccc5)cc4c4cc(-c5ccccc5)ccc43)c2C(=O)N1c1cccc(-c2ccccc2)c1. The van der Waals surface area contributed by atoms with Gasteiger partial charge in [-0.3, -0.25) is 9.59 Å². The monoisotopic (exact) mass is 616 g/mol. The van der Waals surface area contributed by atoms with E-state index in [0.717, 1.165) is 55.2 Å². The topological polar surface area (TPSA) is 42.3 Å². The van der Waals surface area contributed by atoms with Crippen molar-refractivity contribution < 1.29 is 9.59 Å². The van der Waals surface area contributed by atoms with Crippen LogP contribution in [0, 0.1) is 0 Å². The Morgan fingerprint density at radius 3 is 1.40 bits per heavy atom. The molecule has 1 aromatic heterocycles. The number of hydrogen-bond acceptors (Lipinski definition) is 2. The lowest BCUT2D eigenvalue weighted by Crippen LogP contribution is -2.29. The molecule has 0 bridgehead atoms. The second-order valence-corrected chi connectivity index (χ2v) is 12.1. The molecule has 2 amide bonds. The molecular formula is C44H28N2O2. The fourth-order valence-corrected chi connectivity index (χ4v) is 7.05. The molecule has 226 valence electrons. The first-order valence-corrected chi connectivity index (χ1v) is 16.0. The van der Waals surface area contributed by atoms with Gasteiger partial charge in [-0.15, -0.1) is 0 Å². The Kier molecular flexibility index (Phi) is 6.41. The zero-order valence-electron chi connectivity index (χ0n) is 25.9. The van der Waals surface area contributed by atoms with E-state index in [1.165, 1.54) is 4.90 Å². The minimum Gasteiger partial charge on any atom is -0.308 e. The Balaban J connectivity index is 1.24. The average Bonchev–Trinajstić information content (AvgIpc) is 3.62. The van der Waals surface area contributed by atoms with Gasteiger partial charge in [0.2, 0.25) is 0 Å². The summed E-state index contributed by atoms with van der Waals surface area (Å²) >= 11 is 0. The maximum Gasteiger partial charge on any atom is 0.268 e. The third-order valence-corrected chi connectivity index (χ3v) is 9.32. The summed E-state index contributed by atoms with van der Waals surface area (Å²) in [5.74, 6) is -0.645. The van der Waals surface area contributed by atoms with Crippen molar-refractivity contribution in [2.45, 2.75) is 0 Å². The molecule has 1 aliphatic rings. The van der Waals surface area contributed by atoms with E-state index in [0.29, 0.717) is 22.5 Å². The molecule has 0 N–H and O–H groups in total. The molecule has 8 aromatic rings. The van der Waals surface area contributed by atoms with Crippen molar-refractivity contribution in [3.05, 3.63) is 181 Å². The number of hydrogen-bond donors (Lipinski definition) is 0. The molecule has 1 aliphatic heterocycles. The third kappa shape index (κ3) is 4.38. The van der Waals surface area contributed by atoms with E-state index < -0.39 is 0 Å². The van der Waals surface area contributed by atoms with Gasteiger partial charge in [-0.2, -0.15) is 0 Å². The predicted molar refractivity (Wildman–Crippen MR) is 195 cm³/mol. The van der Waals surface area contributed by atoms with Gasteiger partial charge in [-0.05, 0) is 81.9 Å². The van der Waals surface area contributed by atoms with Crippen LogP contribution in [0.2, 0.25) is 0 Å². The van der Waals surface area contributed by atoms with E-state index in [-0.39, 0.29) is 11.8 Å². The molecule has 48 heavy (non-hydrogen) atoms. The van der Waals surface area contributed by atoms with Gasteiger partial charge in [-0.25, -0.2) is 4.90 Å². The largest absolute Gasteiger partial charge is 0.308 e. The summed E-state index contributed by atoms with van der Waals surface area (Å²) in [6.07, 6.45) is 0.